The van der Waals surface area contributed by atoms with Crippen LogP contribution in [0.5, 0.6) is 5.75 Å². The predicted octanol–water partition coefficient (Wildman–Crippen LogP) is 3.96. The van der Waals surface area contributed by atoms with Crippen molar-refractivity contribution >= 4 is 0 Å². The molecule has 0 aromatic heterocycles. The summed E-state index contributed by atoms with van der Waals surface area (Å²) in [6, 6.07) is 5.42. The summed E-state index contributed by atoms with van der Waals surface area (Å²) in [4.78, 5) is 0. The smallest absolute Gasteiger partial charge is 0.203 e. The molecule has 0 atom stereocenters. The molecule has 0 aliphatic heterocycles. The third-order valence-electron chi connectivity index (χ3n) is 2.40. The molecule has 6 heteroatoms. The van der Waals surface area contributed by atoms with Crippen molar-refractivity contribution in [2.24, 2.45) is 0 Å². The first-order valence-electron chi connectivity index (χ1n) is 5.20. The van der Waals surface area contributed by atoms with Crippen LogP contribution in [0, 0.1) is 29.1 Å². The Kier molecular flexibility index (Phi) is 3.69. The number of hydrogen-bond acceptors (Lipinski definition) is 1. The van der Waals surface area contributed by atoms with Crippen molar-refractivity contribution in [2.45, 2.75) is 6.61 Å². The van der Waals surface area contributed by atoms with Gasteiger partial charge in [0.15, 0.2) is 17.4 Å². The quantitative estimate of drug-likeness (QED) is 0.608. The van der Waals surface area contributed by atoms with Gasteiger partial charge in [0.25, 0.3) is 0 Å². The normalized spacial score (nSPS) is 10.6. The van der Waals surface area contributed by atoms with Gasteiger partial charge < -0.3 is 4.74 Å². The fraction of sp³-hybridized carbons (Fsp3) is 0.0769. The van der Waals surface area contributed by atoms with E-state index < -0.39 is 41.4 Å². The lowest BCUT2D eigenvalue weighted by Gasteiger charge is -2.09. The van der Waals surface area contributed by atoms with Crippen molar-refractivity contribution in [3.8, 4) is 5.75 Å². The average Bonchev–Trinajstić information content (AvgIpc) is 2.38. The summed E-state index contributed by atoms with van der Waals surface area (Å²) in [5.74, 6) is -8.34. The molecule has 0 spiro atoms. The number of benzene rings is 2. The van der Waals surface area contributed by atoms with E-state index in [1.54, 1.807) is 0 Å². The Morgan fingerprint density at radius 2 is 1.37 bits per heavy atom. The van der Waals surface area contributed by atoms with Crippen LogP contribution >= 0.6 is 0 Å². The van der Waals surface area contributed by atoms with Crippen LogP contribution in [-0.4, -0.2) is 0 Å². The van der Waals surface area contributed by atoms with Crippen molar-refractivity contribution in [1.29, 1.82) is 0 Å². The molecule has 0 N–H and O–H groups in total. The van der Waals surface area contributed by atoms with Crippen LogP contribution in [-0.2, 0) is 6.61 Å². The summed E-state index contributed by atoms with van der Waals surface area (Å²) < 4.78 is 70.1. The zero-order valence-corrected chi connectivity index (χ0v) is 9.39. The lowest BCUT2D eigenvalue weighted by Crippen LogP contribution is -2.05. The maximum Gasteiger partial charge on any atom is 0.203 e. The average molecular weight is 274 g/mol. The highest BCUT2D eigenvalue weighted by Gasteiger charge is 2.20. The summed E-state index contributed by atoms with van der Waals surface area (Å²) in [6.07, 6.45) is 0. The number of hydrogen-bond donors (Lipinski definition) is 0. The topological polar surface area (TPSA) is 9.23 Å². The van der Waals surface area contributed by atoms with E-state index in [1.807, 2.05) is 0 Å². The van der Waals surface area contributed by atoms with E-state index in [9.17, 15) is 22.0 Å². The second-order valence-electron chi connectivity index (χ2n) is 3.68. The van der Waals surface area contributed by atoms with Gasteiger partial charge in [-0.2, -0.15) is 8.78 Å². The van der Waals surface area contributed by atoms with E-state index in [0.717, 1.165) is 6.07 Å². The van der Waals surface area contributed by atoms with E-state index in [0.29, 0.717) is 0 Å². The monoisotopic (exact) mass is 274 g/mol. The number of rotatable bonds is 3. The largest absolute Gasteiger partial charge is 0.483 e. The van der Waals surface area contributed by atoms with Gasteiger partial charge >= 0.3 is 0 Å². The summed E-state index contributed by atoms with van der Waals surface area (Å²) in [5, 5.41) is 0. The van der Waals surface area contributed by atoms with E-state index in [1.165, 1.54) is 18.2 Å². The summed E-state index contributed by atoms with van der Waals surface area (Å²) in [6.45, 7) is -0.552. The molecule has 0 unspecified atom stereocenters. The third-order valence-corrected chi connectivity index (χ3v) is 2.40. The van der Waals surface area contributed by atoms with Gasteiger partial charge in [0.1, 0.15) is 12.4 Å². The first kappa shape index (κ1) is 13.3. The Bertz CT molecular complexity index is 586. The van der Waals surface area contributed by atoms with E-state index in [2.05, 4.69) is 4.74 Å². The first-order valence-corrected chi connectivity index (χ1v) is 5.20. The molecule has 0 aliphatic carbocycles. The second kappa shape index (κ2) is 5.26. The van der Waals surface area contributed by atoms with Crippen molar-refractivity contribution in [3.63, 3.8) is 0 Å². The molecule has 100 valence electrons. The third kappa shape index (κ3) is 2.67. The van der Waals surface area contributed by atoms with Gasteiger partial charge in [-0.25, -0.2) is 13.2 Å². The van der Waals surface area contributed by atoms with E-state index >= 15 is 0 Å². The number of halogens is 5. The van der Waals surface area contributed by atoms with Crippen LogP contribution < -0.4 is 4.74 Å². The van der Waals surface area contributed by atoms with Crippen molar-refractivity contribution in [3.05, 3.63) is 65.0 Å². The van der Waals surface area contributed by atoms with E-state index in [4.69, 9.17) is 0 Å². The molecule has 1 nitrogen and oxygen atoms in total. The zero-order valence-electron chi connectivity index (χ0n) is 9.39. The fourth-order valence-corrected chi connectivity index (χ4v) is 1.44. The molecule has 2 rings (SSSR count). The maximum absolute atomic E-state index is 13.2. The van der Waals surface area contributed by atoms with Gasteiger partial charge in [-0.1, -0.05) is 18.2 Å². The predicted molar refractivity (Wildman–Crippen MR) is 57.0 cm³/mol. The van der Waals surface area contributed by atoms with Crippen LogP contribution in [0.2, 0.25) is 0 Å². The van der Waals surface area contributed by atoms with Crippen molar-refractivity contribution < 1.29 is 26.7 Å². The fourth-order valence-electron chi connectivity index (χ4n) is 1.44. The molecule has 0 aliphatic rings. The Morgan fingerprint density at radius 1 is 0.789 bits per heavy atom. The van der Waals surface area contributed by atoms with Crippen LogP contribution in [0.15, 0.2) is 30.3 Å². The van der Waals surface area contributed by atoms with Gasteiger partial charge in [0, 0.05) is 11.6 Å². The van der Waals surface area contributed by atoms with Gasteiger partial charge in [-0.3, -0.25) is 0 Å². The lowest BCUT2D eigenvalue weighted by atomic mass is 10.2. The van der Waals surface area contributed by atoms with Crippen molar-refractivity contribution in [2.75, 3.05) is 0 Å². The second-order valence-corrected chi connectivity index (χ2v) is 3.68. The summed E-state index contributed by atoms with van der Waals surface area (Å²) in [7, 11) is 0. The Balaban J connectivity index is 2.28. The molecule has 19 heavy (non-hydrogen) atoms. The molecule has 0 radical (unpaired) electrons. The van der Waals surface area contributed by atoms with Crippen LogP contribution in [0.1, 0.15) is 5.56 Å². The Morgan fingerprint density at radius 3 is 1.95 bits per heavy atom. The molecular formula is C13H7F5O. The molecule has 2 aromatic rings. The van der Waals surface area contributed by atoms with Gasteiger partial charge in [-0.15, -0.1) is 0 Å². The summed E-state index contributed by atoms with van der Waals surface area (Å²) in [5.41, 5.74) is 0.00553. The highest BCUT2D eigenvalue weighted by Crippen LogP contribution is 2.27. The van der Waals surface area contributed by atoms with Crippen LogP contribution in [0.4, 0.5) is 22.0 Å². The van der Waals surface area contributed by atoms with Gasteiger partial charge in [-0.05, 0) is 6.07 Å². The Labute approximate surface area is 105 Å². The van der Waals surface area contributed by atoms with Crippen molar-refractivity contribution in [1.82, 2.24) is 0 Å². The zero-order chi connectivity index (χ0) is 14.0. The van der Waals surface area contributed by atoms with Gasteiger partial charge in [0.2, 0.25) is 11.6 Å². The minimum absolute atomic E-state index is 0.00553. The summed E-state index contributed by atoms with van der Waals surface area (Å²) >= 11 is 0. The van der Waals surface area contributed by atoms with Gasteiger partial charge in [0.05, 0.1) is 0 Å². The highest BCUT2D eigenvalue weighted by molar-refractivity contribution is 5.29. The molecule has 0 saturated heterocycles. The van der Waals surface area contributed by atoms with Crippen LogP contribution in [0.3, 0.4) is 0 Å². The van der Waals surface area contributed by atoms with E-state index in [-0.39, 0.29) is 11.6 Å². The maximum atomic E-state index is 13.2. The molecule has 0 heterocycles. The van der Waals surface area contributed by atoms with Crippen LogP contribution in [0.25, 0.3) is 0 Å². The standard InChI is InChI=1S/C13H7F5O/c14-8-4-2-1-3-7(8)6-19-13-11(17)9(15)5-10(16)12(13)18/h1-5H,6H2. The minimum atomic E-state index is -1.66. The highest BCUT2D eigenvalue weighted by atomic mass is 19.2. The Hall–Kier alpha value is -2.11. The minimum Gasteiger partial charge on any atom is -0.483 e. The molecule has 0 fully saturated rings. The molecule has 0 amide bonds. The number of ether oxygens (including phenoxy) is 1. The molecule has 0 bridgehead atoms. The SMILES string of the molecule is Fc1ccccc1COc1c(F)c(F)cc(F)c1F. The first-order chi connectivity index (χ1) is 9.00. The molecule has 0 saturated carbocycles. The molecule has 2 aromatic carbocycles. The lowest BCUT2D eigenvalue weighted by molar-refractivity contribution is 0.257. The molecular weight excluding hydrogens is 267 g/mol.